The Balaban J connectivity index is 0.000000468. The molecule has 1 aliphatic carbocycles. The van der Waals surface area contributed by atoms with Gasteiger partial charge < -0.3 is 15.0 Å². The largest absolute Gasteiger partial charge is 0.465 e. The van der Waals surface area contributed by atoms with E-state index < -0.39 is 0 Å². The van der Waals surface area contributed by atoms with Crippen LogP contribution in [0.2, 0.25) is 0 Å². The maximum atomic E-state index is 12.7. The minimum Gasteiger partial charge on any atom is -0.465 e. The van der Waals surface area contributed by atoms with E-state index >= 15 is 0 Å². The summed E-state index contributed by atoms with van der Waals surface area (Å²) in [4.78, 5) is 30.7. The maximum absolute atomic E-state index is 12.7. The third-order valence-corrected chi connectivity index (χ3v) is 6.81. The zero-order valence-electron chi connectivity index (χ0n) is 26.0. The highest BCUT2D eigenvalue weighted by atomic mass is 16.5. The van der Waals surface area contributed by atoms with Crippen molar-refractivity contribution >= 4 is 29.9 Å². The zero-order chi connectivity index (χ0) is 31.2. The number of carbonyl (C=O) groups excluding carboxylic acids is 2. The quantitative estimate of drug-likeness (QED) is 0.188. The minimum absolute atomic E-state index is 0.119. The molecular formula is C36H43N3O3. The molecule has 0 aliphatic heterocycles. The molecule has 0 saturated carbocycles. The van der Waals surface area contributed by atoms with Crippen molar-refractivity contribution in [1.29, 1.82) is 0 Å². The van der Waals surface area contributed by atoms with Crippen molar-refractivity contribution in [3.8, 4) is 0 Å². The molecule has 0 bridgehead atoms. The molecular weight excluding hydrogens is 522 g/mol. The minimum atomic E-state index is -0.141. The van der Waals surface area contributed by atoms with Gasteiger partial charge in [-0.15, -0.1) is 0 Å². The number of nitrogens with one attached hydrogen (secondary N) is 1. The van der Waals surface area contributed by atoms with E-state index in [1.54, 1.807) is 36.2 Å². The summed E-state index contributed by atoms with van der Waals surface area (Å²) in [6.45, 7) is 19.1. The molecule has 1 aliphatic rings. The molecule has 0 radical (unpaired) electrons. The Morgan fingerprint density at radius 3 is 2.24 bits per heavy atom. The van der Waals surface area contributed by atoms with E-state index in [0.717, 1.165) is 29.0 Å². The summed E-state index contributed by atoms with van der Waals surface area (Å²) < 4.78 is 5.71. The first-order chi connectivity index (χ1) is 20.0. The van der Waals surface area contributed by atoms with Crippen LogP contribution in [0.4, 0.5) is 5.69 Å². The third-order valence-electron chi connectivity index (χ3n) is 6.81. The molecule has 0 saturated heterocycles. The number of anilines is 1. The summed E-state index contributed by atoms with van der Waals surface area (Å²) in [6.07, 6.45) is 10.6. The normalized spacial score (nSPS) is 14.1. The number of aryl methyl sites for hydroxylation is 1. The lowest BCUT2D eigenvalue weighted by Crippen LogP contribution is -2.29. The number of rotatable bonds is 9. The molecule has 2 amide bonds. The molecule has 6 nitrogen and oxygen atoms in total. The molecule has 3 rings (SSSR count). The van der Waals surface area contributed by atoms with E-state index in [0.29, 0.717) is 29.1 Å². The average molecular weight is 566 g/mol. The fourth-order valence-corrected chi connectivity index (χ4v) is 3.94. The topological polar surface area (TPSA) is 71.0 Å². The Labute approximate surface area is 251 Å². The first-order valence-electron chi connectivity index (χ1n) is 13.9. The lowest BCUT2D eigenvalue weighted by atomic mass is 9.98. The van der Waals surface area contributed by atoms with E-state index in [1.165, 1.54) is 11.1 Å². The van der Waals surface area contributed by atoms with Crippen molar-refractivity contribution in [2.45, 2.75) is 48.0 Å². The van der Waals surface area contributed by atoms with Gasteiger partial charge in [0.2, 0.25) is 0 Å². The standard InChI is InChI=1S/C26H32N2O3.C10H11N/c1-7-19(4)31-24(8-2)17-28(6)26(30)22-13-15-23(16-14-22)27-25(29)20(5)21-11-9-18(3)10-12-21;1-8-6-4-5-7-10(8)9(2)11-3/h7-11,13-16H,12,17H2,1-6H3,(H,27,29);4-7H,2-3H2,1H3/b19-7-,21-20+,24-8-;. The van der Waals surface area contributed by atoms with E-state index in [9.17, 15) is 9.59 Å². The van der Waals surface area contributed by atoms with Gasteiger partial charge in [-0.1, -0.05) is 54.6 Å². The molecule has 0 aromatic heterocycles. The van der Waals surface area contributed by atoms with E-state index in [1.807, 2.05) is 90.1 Å². The number of benzene rings is 2. The SMILES string of the molecule is C/C=C(/C)O/C(=C\C)CN(C)C(=O)c1ccc(NC(=O)/C(C)=C2\C=CC(C)=CC2)cc1.C=NC(=C)c1ccccc1C. The van der Waals surface area contributed by atoms with Crippen LogP contribution in [0, 0.1) is 6.92 Å². The van der Waals surface area contributed by atoms with Crippen molar-refractivity contribution in [1.82, 2.24) is 4.90 Å². The molecule has 2 aromatic rings. The van der Waals surface area contributed by atoms with Gasteiger partial charge in [0.25, 0.3) is 11.8 Å². The number of hydrogen-bond acceptors (Lipinski definition) is 4. The lowest BCUT2D eigenvalue weighted by Gasteiger charge is -2.20. The number of amides is 2. The van der Waals surface area contributed by atoms with Gasteiger partial charge in [-0.25, -0.2) is 0 Å². The van der Waals surface area contributed by atoms with Crippen LogP contribution in [0.15, 0.2) is 119 Å². The highest BCUT2D eigenvalue weighted by molar-refractivity contribution is 6.04. The van der Waals surface area contributed by atoms with Crippen LogP contribution in [0.25, 0.3) is 5.70 Å². The van der Waals surface area contributed by atoms with Crippen LogP contribution in [0.5, 0.6) is 0 Å². The second-order valence-electron chi connectivity index (χ2n) is 10.0. The van der Waals surface area contributed by atoms with Crippen LogP contribution in [0.1, 0.15) is 62.5 Å². The second kappa shape index (κ2) is 16.5. The highest BCUT2D eigenvalue weighted by Crippen LogP contribution is 2.21. The average Bonchev–Trinajstić information content (AvgIpc) is 3.00. The van der Waals surface area contributed by atoms with Crippen molar-refractivity contribution in [3.05, 3.63) is 130 Å². The first kappa shape index (κ1) is 33.5. The van der Waals surface area contributed by atoms with Crippen LogP contribution < -0.4 is 5.32 Å². The van der Waals surface area contributed by atoms with Gasteiger partial charge in [-0.05, 0) is 102 Å². The first-order valence-corrected chi connectivity index (χ1v) is 13.9. The van der Waals surface area contributed by atoms with Gasteiger partial charge in [-0.2, -0.15) is 0 Å². The summed E-state index contributed by atoms with van der Waals surface area (Å²) in [5.41, 5.74) is 7.09. The van der Waals surface area contributed by atoms with Gasteiger partial charge in [-0.3, -0.25) is 14.6 Å². The lowest BCUT2D eigenvalue weighted by molar-refractivity contribution is -0.112. The molecule has 2 aromatic carbocycles. The third kappa shape index (κ3) is 10.0. The zero-order valence-corrected chi connectivity index (χ0v) is 26.0. The molecule has 42 heavy (non-hydrogen) atoms. The molecule has 1 N–H and O–H groups in total. The number of aliphatic imine (C=N–C) groups is 1. The Hall–Kier alpha value is -4.71. The van der Waals surface area contributed by atoms with Crippen LogP contribution >= 0.6 is 0 Å². The predicted molar refractivity (Wildman–Crippen MR) is 176 cm³/mol. The summed E-state index contributed by atoms with van der Waals surface area (Å²) in [5, 5.41) is 2.90. The van der Waals surface area contributed by atoms with E-state index in [4.69, 9.17) is 4.74 Å². The number of likely N-dealkylation sites (N-methyl/N-ethyl adjacent to an activating group) is 1. The summed E-state index contributed by atoms with van der Waals surface area (Å²) >= 11 is 0. The maximum Gasteiger partial charge on any atom is 0.254 e. The van der Waals surface area contributed by atoms with Crippen molar-refractivity contribution < 1.29 is 14.3 Å². The molecule has 0 unspecified atom stereocenters. The summed E-state index contributed by atoms with van der Waals surface area (Å²) in [6, 6.07) is 14.9. The monoisotopic (exact) mass is 565 g/mol. The van der Waals surface area contributed by atoms with Gasteiger partial charge in [0.15, 0.2) is 0 Å². The predicted octanol–water partition coefficient (Wildman–Crippen LogP) is 8.43. The van der Waals surface area contributed by atoms with Crippen molar-refractivity contribution in [2.75, 3.05) is 18.9 Å². The van der Waals surface area contributed by atoms with Gasteiger partial charge in [0.05, 0.1) is 18.0 Å². The van der Waals surface area contributed by atoms with Crippen LogP contribution in [-0.4, -0.2) is 37.0 Å². The van der Waals surface area contributed by atoms with Gasteiger partial charge in [0.1, 0.15) is 5.76 Å². The molecule has 0 heterocycles. The number of ether oxygens (including phenoxy) is 1. The smallest absolute Gasteiger partial charge is 0.254 e. The Bertz CT molecular complexity index is 1450. The van der Waals surface area contributed by atoms with Crippen molar-refractivity contribution in [2.24, 2.45) is 4.99 Å². The van der Waals surface area contributed by atoms with Crippen molar-refractivity contribution in [3.63, 3.8) is 0 Å². The van der Waals surface area contributed by atoms with Crippen LogP contribution in [-0.2, 0) is 9.53 Å². The molecule has 0 spiro atoms. The number of allylic oxidation sites excluding steroid dienone is 8. The number of nitrogens with zero attached hydrogens (tertiary/aromatic N) is 2. The van der Waals surface area contributed by atoms with E-state index in [2.05, 4.69) is 29.7 Å². The van der Waals surface area contributed by atoms with E-state index in [-0.39, 0.29) is 11.8 Å². The molecule has 0 atom stereocenters. The summed E-state index contributed by atoms with van der Waals surface area (Å²) in [5.74, 6) is 1.24. The number of carbonyl (C=O) groups is 2. The fraction of sp³-hybridized carbons (Fsp3) is 0.250. The second-order valence-corrected chi connectivity index (χ2v) is 10.0. The Morgan fingerprint density at radius 2 is 1.69 bits per heavy atom. The fourth-order valence-electron chi connectivity index (χ4n) is 3.94. The van der Waals surface area contributed by atoms with Gasteiger partial charge >= 0.3 is 0 Å². The van der Waals surface area contributed by atoms with Crippen LogP contribution in [0.3, 0.4) is 0 Å². The molecule has 220 valence electrons. The Morgan fingerprint density at radius 1 is 1.02 bits per heavy atom. The number of hydrogen-bond donors (Lipinski definition) is 1. The molecule has 6 heteroatoms. The summed E-state index contributed by atoms with van der Waals surface area (Å²) in [7, 11) is 1.74. The van der Waals surface area contributed by atoms with Gasteiger partial charge in [0, 0.05) is 29.4 Å². The molecule has 0 fully saturated rings. The Kier molecular flexibility index (Phi) is 13.2. The highest BCUT2D eigenvalue weighted by Gasteiger charge is 2.15.